The molecule has 2 atom stereocenters. The number of hydrogen-bond acceptors (Lipinski definition) is 3. The fourth-order valence-electron chi connectivity index (χ4n) is 2.92. The summed E-state index contributed by atoms with van der Waals surface area (Å²) < 4.78 is 5.67. The zero-order valence-corrected chi connectivity index (χ0v) is 18.1. The van der Waals surface area contributed by atoms with Gasteiger partial charge in [0.25, 0.3) is 5.91 Å². The Balaban J connectivity index is 2.14. The number of hydrogen-bond donors (Lipinski definition) is 1. The summed E-state index contributed by atoms with van der Waals surface area (Å²) in [6, 6.07) is 15.0. The van der Waals surface area contributed by atoms with Crippen LogP contribution in [-0.2, 0) is 16.1 Å². The van der Waals surface area contributed by atoms with Gasteiger partial charge in [-0.1, -0.05) is 54.4 Å². The lowest BCUT2D eigenvalue weighted by Crippen LogP contribution is -2.50. The lowest BCUT2D eigenvalue weighted by atomic mass is 10.1. The van der Waals surface area contributed by atoms with Crippen LogP contribution in [0.5, 0.6) is 5.75 Å². The Kier molecular flexibility index (Phi) is 8.25. The van der Waals surface area contributed by atoms with E-state index in [1.165, 1.54) is 0 Å². The molecule has 0 saturated heterocycles. The van der Waals surface area contributed by atoms with Gasteiger partial charge in [0.2, 0.25) is 5.91 Å². The van der Waals surface area contributed by atoms with Crippen LogP contribution in [0.1, 0.15) is 43.9 Å². The smallest absolute Gasteiger partial charge is 0.261 e. The fraction of sp³-hybridized carbons (Fsp3) is 0.417. The summed E-state index contributed by atoms with van der Waals surface area (Å²) in [7, 11) is 0. The van der Waals surface area contributed by atoms with E-state index < -0.39 is 6.04 Å². The van der Waals surface area contributed by atoms with Gasteiger partial charge in [-0.05, 0) is 51.8 Å². The molecule has 0 aliphatic heterocycles. The minimum atomic E-state index is -0.598. The van der Waals surface area contributed by atoms with Gasteiger partial charge in [0.15, 0.2) is 6.61 Å². The van der Waals surface area contributed by atoms with Gasteiger partial charge >= 0.3 is 0 Å². The highest BCUT2D eigenvalue weighted by molar-refractivity contribution is 5.88. The standard InChI is InChI=1S/C24H32N2O3/c1-6-19(4)25-24(28)20(5)26(15-21-9-7-8-18(3)14-21)23(27)16-29-22-12-10-17(2)11-13-22/h7-14,19-20H,6,15-16H2,1-5H3,(H,25,28). The molecule has 2 unspecified atom stereocenters. The van der Waals surface area contributed by atoms with Gasteiger partial charge in [-0.25, -0.2) is 0 Å². The third kappa shape index (κ3) is 6.93. The Bertz CT molecular complexity index is 817. The average molecular weight is 397 g/mol. The number of nitrogens with zero attached hydrogens (tertiary/aromatic N) is 1. The van der Waals surface area contributed by atoms with Crippen LogP contribution in [0.3, 0.4) is 0 Å². The van der Waals surface area contributed by atoms with Crippen LogP contribution in [-0.4, -0.2) is 35.4 Å². The van der Waals surface area contributed by atoms with Gasteiger partial charge in [0.1, 0.15) is 11.8 Å². The number of aryl methyl sites for hydroxylation is 2. The molecule has 29 heavy (non-hydrogen) atoms. The highest BCUT2D eigenvalue weighted by Gasteiger charge is 2.27. The summed E-state index contributed by atoms with van der Waals surface area (Å²) in [6.45, 7) is 9.98. The maximum atomic E-state index is 13.0. The fourth-order valence-corrected chi connectivity index (χ4v) is 2.92. The maximum absolute atomic E-state index is 13.0. The van der Waals surface area contributed by atoms with Crippen LogP contribution >= 0.6 is 0 Å². The zero-order valence-electron chi connectivity index (χ0n) is 18.1. The first-order valence-electron chi connectivity index (χ1n) is 10.1. The van der Waals surface area contributed by atoms with E-state index in [1.807, 2.05) is 76.2 Å². The van der Waals surface area contributed by atoms with Crippen molar-refractivity contribution >= 4 is 11.8 Å². The molecule has 5 nitrogen and oxygen atoms in total. The third-order valence-corrected chi connectivity index (χ3v) is 4.99. The SMILES string of the molecule is CCC(C)NC(=O)C(C)N(Cc1cccc(C)c1)C(=O)COc1ccc(C)cc1. The van der Waals surface area contributed by atoms with E-state index in [0.29, 0.717) is 12.3 Å². The highest BCUT2D eigenvalue weighted by atomic mass is 16.5. The molecular weight excluding hydrogens is 364 g/mol. The molecule has 0 saturated carbocycles. The minimum absolute atomic E-state index is 0.0599. The van der Waals surface area contributed by atoms with Crippen molar-refractivity contribution in [2.45, 2.75) is 59.7 Å². The minimum Gasteiger partial charge on any atom is -0.484 e. The number of ether oxygens (including phenoxy) is 1. The van der Waals surface area contributed by atoms with Gasteiger partial charge in [-0.3, -0.25) is 9.59 Å². The number of benzene rings is 2. The summed E-state index contributed by atoms with van der Waals surface area (Å²) in [5, 5.41) is 2.97. The van der Waals surface area contributed by atoms with Crippen LogP contribution in [0.15, 0.2) is 48.5 Å². The summed E-state index contributed by atoms with van der Waals surface area (Å²) in [6.07, 6.45) is 0.834. The van der Waals surface area contributed by atoms with Crippen molar-refractivity contribution in [2.24, 2.45) is 0 Å². The molecule has 0 bridgehead atoms. The largest absolute Gasteiger partial charge is 0.484 e. The molecule has 0 aliphatic rings. The Morgan fingerprint density at radius 3 is 2.34 bits per heavy atom. The van der Waals surface area contributed by atoms with E-state index in [2.05, 4.69) is 5.32 Å². The molecule has 0 heterocycles. The number of rotatable bonds is 9. The Labute approximate surface area is 174 Å². The molecule has 1 N–H and O–H groups in total. The van der Waals surface area contributed by atoms with E-state index in [4.69, 9.17) is 4.74 Å². The molecule has 156 valence electrons. The monoisotopic (exact) mass is 396 g/mol. The first-order valence-corrected chi connectivity index (χ1v) is 10.1. The zero-order chi connectivity index (χ0) is 21.4. The molecule has 5 heteroatoms. The number of carbonyl (C=O) groups excluding carboxylic acids is 2. The Morgan fingerprint density at radius 2 is 1.72 bits per heavy atom. The molecule has 2 rings (SSSR count). The normalized spacial score (nSPS) is 12.7. The van der Waals surface area contributed by atoms with Gasteiger partial charge in [-0.2, -0.15) is 0 Å². The summed E-state index contributed by atoms with van der Waals surface area (Å²) in [5.74, 6) is 0.255. The molecule has 2 aromatic carbocycles. The molecule has 0 aromatic heterocycles. The van der Waals surface area contributed by atoms with E-state index in [-0.39, 0.29) is 24.5 Å². The van der Waals surface area contributed by atoms with Crippen LogP contribution in [0, 0.1) is 13.8 Å². The molecule has 0 fully saturated rings. The maximum Gasteiger partial charge on any atom is 0.261 e. The van der Waals surface area contributed by atoms with Gasteiger partial charge in [-0.15, -0.1) is 0 Å². The number of amides is 2. The lowest BCUT2D eigenvalue weighted by molar-refractivity contribution is -0.142. The predicted octanol–water partition coefficient (Wildman–Crippen LogP) is 4.01. The first-order chi connectivity index (χ1) is 13.8. The van der Waals surface area contributed by atoms with Gasteiger partial charge < -0.3 is 15.0 Å². The van der Waals surface area contributed by atoms with Crippen molar-refractivity contribution in [1.82, 2.24) is 10.2 Å². The van der Waals surface area contributed by atoms with Crippen LogP contribution < -0.4 is 10.1 Å². The van der Waals surface area contributed by atoms with E-state index >= 15 is 0 Å². The van der Waals surface area contributed by atoms with Gasteiger partial charge in [0, 0.05) is 12.6 Å². The van der Waals surface area contributed by atoms with Crippen molar-refractivity contribution in [2.75, 3.05) is 6.61 Å². The second kappa shape index (κ2) is 10.6. The highest BCUT2D eigenvalue weighted by Crippen LogP contribution is 2.14. The van der Waals surface area contributed by atoms with E-state index in [9.17, 15) is 9.59 Å². The number of carbonyl (C=O) groups is 2. The summed E-state index contributed by atoms with van der Waals surface area (Å²) in [4.78, 5) is 27.3. The predicted molar refractivity (Wildman–Crippen MR) is 116 cm³/mol. The second-order valence-corrected chi connectivity index (χ2v) is 7.61. The first kappa shape index (κ1) is 22.5. The third-order valence-electron chi connectivity index (χ3n) is 4.99. The molecule has 0 radical (unpaired) electrons. The van der Waals surface area contributed by atoms with Crippen molar-refractivity contribution in [3.63, 3.8) is 0 Å². The van der Waals surface area contributed by atoms with Crippen molar-refractivity contribution in [3.05, 3.63) is 65.2 Å². The summed E-state index contributed by atoms with van der Waals surface area (Å²) in [5.41, 5.74) is 3.22. The van der Waals surface area contributed by atoms with Crippen molar-refractivity contribution < 1.29 is 14.3 Å². The second-order valence-electron chi connectivity index (χ2n) is 7.61. The number of nitrogens with one attached hydrogen (secondary N) is 1. The molecule has 0 spiro atoms. The van der Waals surface area contributed by atoms with Crippen LogP contribution in [0.2, 0.25) is 0 Å². The molecular formula is C24H32N2O3. The average Bonchev–Trinajstić information content (AvgIpc) is 2.70. The van der Waals surface area contributed by atoms with Crippen LogP contribution in [0.4, 0.5) is 0 Å². The van der Waals surface area contributed by atoms with Gasteiger partial charge in [0.05, 0.1) is 0 Å². The van der Waals surface area contributed by atoms with Crippen molar-refractivity contribution in [3.8, 4) is 5.75 Å². The van der Waals surface area contributed by atoms with Crippen molar-refractivity contribution in [1.29, 1.82) is 0 Å². The van der Waals surface area contributed by atoms with Crippen LogP contribution in [0.25, 0.3) is 0 Å². The Hall–Kier alpha value is -2.82. The molecule has 2 aromatic rings. The van der Waals surface area contributed by atoms with E-state index in [1.54, 1.807) is 11.8 Å². The lowest BCUT2D eigenvalue weighted by Gasteiger charge is -2.29. The molecule has 2 amide bonds. The van der Waals surface area contributed by atoms with E-state index in [0.717, 1.165) is 23.1 Å². The molecule has 0 aliphatic carbocycles. The quantitative estimate of drug-likeness (QED) is 0.697. The Morgan fingerprint density at radius 1 is 1.03 bits per heavy atom. The topological polar surface area (TPSA) is 58.6 Å². The summed E-state index contributed by atoms with van der Waals surface area (Å²) >= 11 is 0.